The van der Waals surface area contributed by atoms with Crippen LogP contribution in [-0.2, 0) is 13.1 Å². The monoisotopic (exact) mass is 302 g/mol. The van der Waals surface area contributed by atoms with Gasteiger partial charge in [0, 0.05) is 17.7 Å². The van der Waals surface area contributed by atoms with Gasteiger partial charge < -0.3 is 5.32 Å². The molecule has 2 aromatic carbocycles. The summed E-state index contributed by atoms with van der Waals surface area (Å²) in [4.78, 5) is 9.44. The summed E-state index contributed by atoms with van der Waals surface area (Å²) in [6.45, 7) is 1.37. The second kappa shape index (κ2) is 5.82. The van der Waals surface area contributed by atoms with E-state index < -0.39 is 0 Å². The van der Waals surface area contributed by atoms with Crippen LogP contribution in [-0.4, -0.2) is 22.3 Å². The van der Waals surface area contributed by atoms with Gasteiger partial charge in [-0.2, -0.15) is 0 Å². The van der Waals surface area contributed by atoms with Crippen LogP contribution in [0, 0.1) is 0 Å². The molecule has 0 saturated carbocycles. The lowest BCUT2D eigenvalue weighted by Crippen LogP contribution is -2.13. The van der Waals surface area contributed by atoms with E-state index in [1.54, 1.807) is 0 Å². The molecule has 0 radical (unpaired) electrons. The third kappa shape index (κ3) is 2.37. The van der Waals surface area contributed by atoms with Crippen LogP contribution in [0.4, 0.5) is 0 Å². The fourth-order valence-corrected chi connectivity index (χ4v) is 3.09. The topological polar surface area (TPSA) is 42.2 Å². The summed E-state index contributed by atoms with van der Waals surface area (Å²) in [5.41, 5.74) is 5.61. The number of hydrogen-bond donors (Lipinski definition) is 1. The number of imidazole rings is 1. The van der Waals surface area contributed by atoms with Crippen molar-refractivity contribution in [2.24, 2.45) is 4.99 Å². The van der Waals surface area contributed by atoms with Crippen molar-refractivity contribution >= 4 is 5.71 Å². The summed E-state index contributed by atoms with van der Waals surface area (Å²) in [6, 6.07) is 18.8. The Morgan fingerprint density at radius 2 is 1.83 bits per heavy atom. The molecule has 0 bridgehead atoms. The molecule has 1 aliphatic rings. The third-order valence-electron chi connectivity index (χ3n) is 4.09. The van der Waals surface area contributed by atoms with Crippen molar-refractivity contribution in [1.29, 1.82) is 0 Å². The zero-order valence-electron chi connectivity index (χ0n) is 13.0. The predicted octanol–water partition coefficient (Wildman–Crippen LogP) is 2.94. The molecular formula is C19H18N4. The maximum Gasteiger partial charge on any atom is 0.135 e. The van der Waals surface area contributed by atoms with Crippen LogP contribution in [0.5, 0.6) is 0 Å². The van der Waals surface area contributed by atoms with Crippen LogP contribution in [0.3, 0.4) is 0 Å². The van der Waals surface area contributed by atoms with Gasteiger partial charge in [-0.1, -0.05) is 48.5 Å². The molecule has 2 heterocycles. The highest BCUT2D eigenvalue weighted by Crippen LogP contribution is 2.26. The Balaban J connectivity index is 1.93. The lowest BCUT2D eigenvalue weighted by molar-refractivity contribution is 0.751. The second-order valence-corrected chi connectivity index (χ2v) is 5.58. The maximum atomic E-state index is 4.86. The summed E-state index contributed by atoms with van der Waals surface area (Å²) in [5, 5.41) is 3.22. The summed E-state index contributed by atoms with van der Waals surface area (Å²) in [7, 11) is 1.95. The van der Waals surface area contributed by atoms with E-state index in [9.17, 15) is 0 Å². The molecule has 114 valence electrons. The van der Waals surface area contributed by atoms with E-state index in [4.69, 9.17) is 4.99 Å². The Labute approximate surface area is 135 Å². The summed E-state index contributed by atoms with van der Waals surface area (Å²) in [5.74, 6) is 0.980. The zero-order valence-corrected chi connectivity index (χ0v) is 13.0. The molecule has 3 aromatic rings. The Bertz CT molecular complexity index is 862. The fourth-order valence-electron chi connectivity index (χ4n) is 3.09. The van der Waals surface area contributed by atoms with E-state index in [1.165, 1.54) is 0 Å². The molecule has 0 amide bonds. The van der Waals surface area contributed by atoms with Gasteiger partial charge in [0.05, 0.1) is 29.8 Å². The second-order valence-electron chi connectivity index (χ2n) is 5.58. The van der Waals surface area contributed by atoms with Crippen LogP contribution in [0.15, 0.2) is 65.8 Å². The Kier molecular flexibility index (Phi) is 3.52. The van der Waals surface area contributed by atoms with Crippen molar-refractivity contribution in [2.75, 3.05) is 7.05 Å². The van der Waals surface area contributed by atoms with Crippen molar-refractivity contribution < 1.29 is 0 Å². The minimum atomic E-state index is 0.586. The SMILES string of the molecule is CNCc1cnc2n1-c1ccccc1C(c1ccccc1)=NC2. The summed E-state index contributed by atoms with van der Waals surface area (Å²) in [6.07, 6.45) is 1.94. The normalized spacial score (nSPS) is 13.0. The molecular weight excluding hydrogens is 284 g/mol. The van der Waals surface area contributed by atoms with Crippen molar-refractivity contribution in [1.82, 2.24) is 14.9 Å². The number of hydrogen-bond acceptors (Lipinski definition) is 3. The first-order valence-electron chi connectivity index (χ1n) is 7.78. The van der Waals surface area contributed by atoms with Crippen molar-refractivity contribution in [2.45, 2.75) is 13.1 Å². The van der Waals surface area contributed by atoms with Crippen LogP contribution < -0.4 is 5.32 Å². The van der Waals surface area contributed by atoms with Gasteiger partial charge in [-0.05, 0) is 13.1 Å². The average molecular weight is 302 g/mol. The molecule has 1 aromatic heterocycles. The van der Waals surface area contributed by atoms with E-state index in [0.717, 1.165) is 40.6 Å². The fraction of sp³-hybridized carbons (Fsp3) is 0.158. The molecule has 0 fully saturated rings. The molecule has 23 heavy (non-hydrogen) atoms. The lowest BCUT2D eigenvalue weighted by atomic mass is 10.0. The molecule has 4 heteroatoms. The van der Waals surface area contributed by atoms with E-state index in [0.29, 0.717) is 6.54 Å². The van der Waals surface area contributed by atoms with E-state index in [2.05, 4.69) is 63.4 Å². The Morgan fingerprint density at radius 3 is 2.65 bits per heavy atom. The quantitative estimate of drug-likeness (QED) is 0.808. The van der Waals surface area contributed by atoms with Crippen LogP contribution >= 0.6 is 0 Å². The minimum Gasteiger partial charge on any atom is -0.314 e. The van der Waals surface area contributed by atoms with E-state index >= 15 is 0 Å². The molecule has 4 rings (SSSR count). The average Bonchev–Trinajstić information content (AvgIpc) is 2.91. The van der Waals surface area contributed by atoms with Gasteiger partial charge in [-0.25, -0.2) is 4.98 Å². The highest BCUT2D eigenvalue weighted by molar-refractivity contribution is 6.15. The maximum absolute atomic E-state index is 4.86. The number of aromatic nitrogens is 2. The van der Waals surface area contributed by atoms with E-state index in [1.807, 2.05) is 19.3 Å². The standard InChI is InChI=1S/C19H18N4/c1-20-11-15-12-21-18-13-22-19(14-7-3-2-4-8-14)16-9-5-6-10-17(16)23(15)18/h2-10,12,20H,11,13H2,1H3. The Hall–Kier alpha value is -2.72. The third-order valence-corrected chi connectivity index (χ3v) is 4.09. The number of rotatable bonds is 3. The number of benzene rings is 2. The highest BCUT2D eigenvalue weighted by Gasteiger charge is 2.20. The minimum absolute atomic E-state index is 0.586. The highest BCUT2D eigenvalue weighted by atomic mass is 15.1. The van der Waals surface area contributed by atoms with Crippen LogP contribution in [0.25, 0.3) is 5.69 Å². The van der Waals surface area contributed by atoms with Gasteiger partial charge in [0.25, 0.3) is 0 Å². The largest absolute Gasteiger partial charge is 0.314 e. The molecule has 4 nitrogen and oxygen atoms in total. The molecule has 1 aliphatic heterocycles. The summed E-state index contributed by atoms with van der Waals surface area (Å²) >= 11 is 0. The van der Waals surface area contributed by atoms with Gasteiger partial charge >= 0.3 is 0 Å². The first-order chi connectivity index (χ1) is 11.4. The Morgan fingerprint density at radius 1 is 1.04 bits per heavy atom. The molecule has 0 aliphatic carbocycles. The predicted molar refractivity (Wildman–Crippen MR) is 92.1 cm³/mol. The first kappa shape index (κ1) is 13.9. The summed E-state index contributed by atoms with van der Waals surface area (Å²) < 4.78 is 2.23. The number of aliphatic imine (C=N–C) groups is 1. The number of para-hydroxylation sites is 1. The van der Waals surface area contributed by atoms with Gasteiger partial charge in [0.2, 0.25) is 0 Å². The first-order valence-corrected chi connectivity index (χ1v) is 7.78. The van der Waals surface area contributed by atoms with Gasteiger partial charge in [-0.3, -0.25) is 9.56 Å². The zero-order chi connectivity index (χ0) is 15.6. The van der Waals surface area contributed by atoms with Crippen molar-refractivity contribution in [3.63, 3.8) is 0 Å². The number of fused-ring (bicyclic) bond motifs is 3. The van der Waals surface area contributed by atoms with E-state index in [-0.39, 0.29) is 0 Å². The molecule has 0 spiro atoms. The van der Waals surface area contributed by atoms with Crippen molar-refractivity contribution in [3.05, 3.63) is 83.4 Å². The van der Waals surface area contributed by atoms with Gasteiger partial charge in [-0.15, -0.1) is 0 Å². The lowest BCUT2D eigenvalue weighted by Gasteiger charge is -2.14. The molecule has 0 atom stereocenters. The van der Waals surface area contributed by atoms with Gasteiger partial charge in [0.15, 0.2) is 0 Å². The van der Waals surface area contributed by atoms with Gasteiger partial charge in [0.1, 0.15) is 5.82 Å². The number of nitrogens with one attached hydrogen (secondary N) is 1. The number of nitrogens with zero attached hydrogens (tertiary/aromatic N) is 3. The molecule has 0 unspecified atom stereocenters. The molecule has 0 saturated heterocycles. The van der Waals surface area contributed by atoms with Crippen molar-refractivity contribution in [3.8, 4) is 5.69 Å². The molecule has 1 N–H and O–H groups in total. The van der Waals surface area contributed by atoms with Crippen LogP contribution in [0.1, 0.15) is 22.6 Å². The van der Waals surface area contributed by atoms with Crippen LogP contribution in [0.2, 0.25) is 0 Å². The smallest absolute Gasteiger partial charge is 0.135 e.